The van der Waals surface area contributed by atoms with E-state index in [0.29, 0.717) is 18.7 Å². The first-order chi connectivity index (χ1) is 14.0. The number of rotatable bonds is 5. The smallest absolute Gasteiger partial charge is 0.238 e. The van der Waals surface area contributed by atoms with Crippen molar-refractivity contribution in [3.63, 3.8) is 0 Å². The summed E-state index contributed by atoms with van der Waals surface area (Å²) in [5.74, 6) is 0.444. The summed E-state index contributed by atoms with van der Waals surface area (Å²) in [6.07, 6.45) is 0.380. The Hall–Kier alpha value is -2.34. The normalized spacial score (nSPS) is 22.5. The second kappa shape index (κ2) is 6.87. The van der Waals surface area contributed by atoms with E-state index in [1.807, 2.05) is 0 Å². The topological polar surface area (TPSA) is 60.8 Å². The van der Waals surface area contributed by atoms with Crippen molar-refractivity contribution in [3.8, 4) is 0 Å². The van der Waals surface area contributed by atoms with Gasteiger partial charge in [0.2, 0.25) is 5.91 Å². The Bertz CT molecular complexity index is 1160. The van der Waals surface area contributed by atoms with E-state index < -0.39 is 5.72 Å². The number of benzene rings is 4. The van der Waals surface area contributed by atoms with Gasteiger partial charge in [-0.05, 0) is 56.9 Å². The largest absolute Gasteiger partial charge is 0.396 e. The van der Waals surface area contributed by atoms with E-state index in [0.717, 1.165) is 16.3 Å². The molecule has 148 valence electrons. The van der Waals surface area contributed by atoms with Gasteiger partial charge in [0.1, 0.15) is 5.72 Å². The standard InChI is InChI=1S/C24H23NO3S/c1-24(28)13-20(29-10-9-26)23(27)25(24)14-15-11-18-7-5-16-3-2-4-17-6-8-19(12-15)22(18)21(16)17/h2-8,11-12,20,26,28H,9-10,13-14H2,1H3. The highest BCUT2D eigenvalue weighted by Crippen LogP contribution is 2.38. The Morgan fingerprint density at radius 3 is 2.24 bits per heavy atom. The Morgan fingerprint density at radius 2 is 1.62 bits per heavy atom. The number of thioether (sulfide) groups is 1. The van der Waals surface area contributed by atoms with Gasteiger partial charge in [0.25, 0.3) is 0 Å². The van der Waals surface area contributed by atoms with Crippen molar-refractivity contribution in [3.05, 3.63) is 60.2 Å². The van der Waals surface area contributed by atoms with E-state index in [4.69, 9.17) is 5.11 Å². The lowest BCUT2D eigenvalue weighted by atomic mass is 9.93. The second-order valence-electron chi connectivity index (χ2n) is 8.06. The third kappa shape index (κ3) is 3.05. The van der Waals surface area contributed by atoms with Crippen molar-refractivity contribution in [1.29, 1.82) is 0 Å². The summed E-state index contributed by atoms with van der Waals surface area (Å²) in [6, 6.07) is 19.2. The molecule has 5 heteroatoms. The molecule has 1 heterocycles. The lowest BCUT2D eigenvalue weighted by molar-refractivity contribution is -0.143. The zero-order chi connectivity index (χ0) is 20.2. The Morgan fingerprint density at radius 1 is 1.03 bits per heavy atom. The van der Waals surface area contributed by atoms with Gasteiger partial charge in [0.05, 0.1) is 11.9 Å². The number of aliphatic hydroxyl groups excluding tert-OH is 1. The van der Waals surface area contributed by atoms with Gasteiger partial charge in [-0.1, -0.05) is 42.5 Å². The van der Waals surface area contributed by atoms with E-state index in [2.05, 4.69) is 54.6 Å². The van der Waals surface area contributed by atoms with Crippen LogP contribution in [0.15, 0.2) is 54.6 Å². The summed E-state index contributed by atoms with van der Waals surface area (Å²) in [5, 5.41) is 26.9. The van der Waals surface area contributed by atoms with Gasteiger partial charge >= 0.3 is 0 Å². The summed E-state index contributed by atoms with van der Waals surface area (Å²) in [5.41, 5.74) is -0.166. The van der Waals surface area contributed by atoms with E-state index in [1.54, 1.807) is 11.8 Å². The predicted molar refractivity (Wildman–Crippen MR) is 119 cm³/mol. The lowest BCUT2D eigenvalue weighted by Gasteiger charge is -2.30. The number of amides is 1. The minimum Gasteiger partial charge on any atom is -0.396 e. The first kappa shape index (κ1) is 18.7. The molecule has 4 aromatic carbocycles. The van der Waals surface area contributed by atoms with Crippen LogP contribution in [0.2, 0.25) is 0 Å². The first-order valence-electron chi connectivity index (χ1n) is 9.91. The Kier molecular flexibility index (Phi) is 4.42. The quantitative estimate of drug-likeness (QED) is 0.491. The van der Waals surface area contributed by atoms with Crippen LogP contribution >= 0.6 is 11.8 Å². The Labute approximate surface area is 173 Å². The fraction of sp³-hybridized carbons (Fsp3) is 0.292. The molecule has 29 heavy (non-hydrogen) atoms. The molecule has 0 saturated carbocycles. The fourth-order valence-electron chi connectivity index (χ4n) is 4.63. The van der Waals surface area contributed by atoms with E-state index in [1.165, 1.54) is 33.3 Å². The summed E-state index contributed by atoms with van der Waals surface area (Å²) in [6.45, 7) is 2.11. The number of carbonyl (C=O) groups is 1. The monoisotopic (exact) mass is 405 g/mol. The van der Waals surface area contributed by atoms with Crippen molar-refractivity contribution in [2.45, 2.75) is 30.9 Å². The van der Waals surface area contributed by atoms with Gasteiger partial charge in [-0.25, -0.2) is 0 Å². The van der Waals surface area contributed by atoms with Crippen LogP contribution in [-0.4, -0.2) is 44.4 Å². The molecule has 1 amide bonds. The molecule has 4 aromatic rings. The molecule has 5 rings (SSSR count). The number of hydrogen-bond donors (Lipinski definition) is 2. The minimum absolute atomic E-state index is 0.0346. The zero-order valence-electron chi connectivity index (χ0n) is 16.3. The average Bonchev–Trinajstić information content (AvgIpc) is 2.93. The van der Waals surface area contributed by atoms with Crippen LogP contribution in [0.4, 0.5) is 0 Å². The van der Waals surface area contributed by atoms with Crippen molar-refractivity contribution in [2.24, 2.45) is 0 Å². The molecule has 1 aliphatic rings. The second-order valence-corrected chi connectivity index (χ2v) is 9.37. The highest BCUT2D eigenvalue weighted by atomic mass is 32.2. The summed E-state index contributed by atoms with van der Waals surface area (Å²) in [4.78, 5) is 14.5. The maximum Gasteiger partial charge on any atom is 0.238 e. The molecule has 2 atom stereocenters. The molecule has 1 fully saturated rings. The third-order valence-electron chi connectivity index (χ3n) is 5.97. The fourth-order valence-corrected chi connectivity index (χ4v) is 5.72. The zero-order valence-corrected chi connectivity index (χ0v) is 17.1. The third-order valence-corrected chi connectivity index (χ3v) is 7.16. The predicted octanol–water partition coefficient (Wildman–Crippen LogP) is 4.12. The van der Waals surface area contributed by atoms with Gasteiger partial charge in [0.15, 0.2) is 0 Å². The van der Waals surface area contributed by atoms with Gasteiger partial charge in [-0.3, -0.25) is 4.79 Å². The van der Waals surface area contributed by atoms with Crippen LogP contribution in [0, 0.1) is 0 Å². The molecule has 0 bridgehead atoms. The van der Waals surface area contributed by atoms with Crippen LogP contribution in [-0.2, 0) is 11.3 Å². The SMILES string of the molecule is CC1(O)CC(SCCO)C(=O)N1Cc1cc2ccc3cccc4ccc(c1)c2c34. The highest BCUT2D eigenvalue weighted by Gasteiger charge is 2.46. The van der Waals surface area contributed by atoms with Crippen molar-refractivity contribution < 1.29 is 15.0 Å². The van der Waals surface area contributed by atoms with E-state index in [-0.39, 0.29) is 17.8 Å². The molecule has 1 saturated heterocycles. The number of nitrogens with zero attached hydrogens (tertiary/aromatic N) is 1. The van der Waals surface area contributed by atoms with Crippen LogP contribution in [0.25, 0.3) is 32.3 Å². The molecular weight excluding hydrogens is 382 g/mol. The molecule has 0 aromatic heterocycles. The maximum absolute atomic E-state index is 12.9. The molecule has 0 radical (unpaired) electrons. The van der Waals surface area contributed by atoms with Gasteiger partial charge in [-0.2, -0.15) is 0 Å². The molecule has 1 aliphatic heterocycles. The molecular formula is C24H23NO3S. The van der Waals surface area contributed by atoms with Gasteiger partial charge in [-0.15, -0.1) is 11.8 Å². The van der Waals surface area contributed by atoms with Crippen molar-refractivity contribution in [2.75, 3.05) is 12.4 Å². The van der Waals surface area contributed by atoms with Crippen LogP contribution in [0.1, 0.15) is 18.9 Å². The molecule has 4 nitrogen and oxygen atoms in total. The molecule has 0 aliphatic carbocycles. The van der Waals surface area contributed by atoms with Crippen molar-refractivity contribution >= 4 is 50.0 Å². The summed E-state index contributed by atoms with van der Waals surface area (Å²) < 4.78 is 0. The van der Waals surface area contributed by atoms with E-state index in [9.17, 15) is 9.90 Å². The summed E-state index contributed by atoms with van der Waals surface area (Å²) >= 11 is 1.42. The molecule has 2 N–H and O–H groups in total. The summed E-state index contributed by atoms with van der Waals surface area (Å²) in [7, 11) is 0. The van der Waals surface area contributed by atoms with Gasteiger partial charge in [0, 0.05) is 18.7 Å². The number of aliphatic hydroxyl groups is 2. The minimum atomic E-state index is -1.18. The van der Waals surface area contributed by atoms with Gasteiger partial charge < -0.3 is 15.1 Å². The lowest BCUT2D eigenvalue weighted by Crippen LogP contribution is -2.42. The molecule has 2 unspecified atom stereocenters. The van der Waals surface area contributed by atoms with Crippen LogP contribution in [0.5, 0.6) is 0 Å². The Balaban J connectivity index is 1.54. The highest BCUT2D eigenvalue weighted by molar-refractivity contribution is 8.00. The molecule has 0 spiro atoms. The number of carbonyl (C=O) groups excluding carboxylic acids is 1. The average molecular weight is 406 g/mol. The maximum atomic E-state index is 12.9. The number of hydrogen-bond acceptors (Lipinski definition) is 4. The number of likely N-dealkylation sites (tertiary alicyclic amines) is 1. The van der Waals surface area contributed by atoms with E-state index >= 15 is 0 Å². The van der Waals surface area contributed by atoms with Crippen LogP contribution in [0.3, 0.4) is 0 Å². The van der Waals surface area contributed by atoms with Crippen LogP contribution < -0.4 is 0 Å². The first-order valence-corrected chi connectivity index (χ1v) is 11.0. The van der Waals surface area contributed by atoms with Crippen molar-refractivity contribution in [1.82, 2.24) is 4.90 Å².